The Morgan fingerprint density at radius 3 is 1.85 bits per heavy atom. The molecule has 0 aromatic heterocycles. The summed E-state index contributed by atoms with van der Waals surface area (Å²) in [6.45, 7) is 3.82. The molecule has 0 atom stereocenters. The van der Waals surface area contributed by atoms with Crippen LogP contribution >= 0.6 is 0 Å². The maximum atomic E-state index is 12.4. The van der Waals surface area contributed by atoms with Crippen molar-refractivity contribution in [1.82, 2.24) is 0 Å². The Labute approximate surface area is 190 Å². The lowest BCUT2D eigenvalue weighted by atomic mass is 10.1. The van der Waals surface area contributed by atoms with Gasteiger partial charge < -0.3 is 29.0 Å². The number of hydrogen-bond donors (Lipinski definition) is 1. The van der Waals surface area contributed by atoms with Gasteiger partial charge >= 0.3 is 17.9 Å². The lowest BCUT2D eigenvalue weighted by molar-refractivity contribution is -0.119. The van der Waals surface area contributed by atoms with Crippen molar-refractivity contribution in [3.63, 3.8) is 0 Å². The van der Waals surface area contributed by atoms with E-state index in [1.54, 1.807) is 13.0 Å². The Kier molecular flexibility index (Phi) is 9.22. The van der Waals surface area contributed by atoms with Crippen LogP contribution in [-0.4, -0.2) is 57.9 Å². The van der Waals surface area contributed by atoms with Gasteiger partial charge in [-0.1, -0.05) is 0 Å². The van der Waals surface area contributed by atoms with Gasteiger partial charge in [0.15, 0.2) is 18.1 Å². The maximum Gasteiger partial charge on any atom is 0.338 e. The highest BCUT2D eigenvalue weighted by molar-refractivity contribution is 6.00. The lowest BCUT2D eigenvalue weighted by Gasteiger charge is -2.12. The summed E-state index contributed by atoms with van der Waals surface area (Å²) >= 11 is 0. The first-order valence-electron chi connectivity index (χ1n) is 10.0. The van der Waals surface area contributed by atoms with Gasteiger partial charge in [0, 0.05) is 5.69 Å². The molecular formula is C23H25NO9. The first-order chi connectivity index (χ1) is 15.8. The largest absolute Gasteiger partial charge is 0.490 e. The Hall–Kier alpha value is -4.08. The van der Waals surface area contributed by atoms with Crippen LogP contribution in [0.25, 0.3) is 0 Å². The number of ether oxygens (including phenoxy) is 5. The molecule has 0 heterocycles. The number of hydrogen-bond acceptors (Lipinski definition) is 9. The van der Waals surface area contributed by atoms with E-state index < -0.39 is 30.4 Å². The SMILES string of the molecule is CCOc1ccc(C(=O)OCC(=O)Nc2cc(C(=O)OC)cc(C(=O)OC)c2)cc1OCC. The second-order valence-corrected chi connectivity index (χ2v) is 6.43. The molecule has 1 amide bonds. The van der Waals surface area contributed by atoms with Crippen molar-refractivity contribution in [1.29, 1.82) is 0 Å². The number of benzene rings is 2. The van der Waals surface area contributed by atoms with E-state index in [-0.39, 0.29) is 22.4 Å². The number of amides is 1. The molecule has 1 N–H and O–H groups in total. The van der Waals surface area contributed by atoms with E-state index >= 15 is 0 Å². The minimum absolute atomic E-state index is 0.0329. The van der Waals surface area contributed by atoms with Gasteiger partial charge in [0.05, 0.1) is 44.1 Å². The van der Waals surface area contributed by atoms with E-state index in [1.165, 1.54) is 44.6 Å². The third kappa shape index (κ3) is 6.96. The predicted molar refractivity (Wildman–Crippen MR) is 117 cm³/mol. The zero-order chi connectivity index (χ0) is 24.4. The number of anilines is 1. The van der Waals surface area contributed by atoms with Crippen molar-refractivity contribution in [3.05, 3.63) is 53.1 Å². The van der Waals surface area contributed by atoms with Crippen LogP contribution in [0, 0.1) is 0 Å². The first kappa shape index (κ1) is 25.2. The van der Waals surface area contributed by atoms with Gasteiger partial charge in [-0.15, -0.1) is 0 Å². The van der Waals surface area contributed by atoms with Crippen molar-refractivity contribution < 1.29 is 42.9 Å². The monoisotopic (exact) mass is 459 g/mol. The number of methoxy groups -OCH3 is 2. The number of rotatable bonds is 10. The van der Waals surface area contributed by atoms with Crippen LogP contribution in [0.5, 0.6) is 11.5 Å². The fourth-order valence-corrected chi connectivity index (χ4v) is 2.76. The van der Waals surface area contributed by atoms with Crippen molar-refractivity contribution in [2.45, 2.75) is 13.8 Å². The molecular weight excluding hydrogens is 434 g/mol. The highest BCUT2D eigenvalue weighted by Crippen LogP contribution is 2.28. The molecule has 0 aliphatic rings. The third-order valence-electron chi connectivity index (χ3n) is 4.17. The van der Waals surface area contributed by atoms with Gasteiger partial charge in [-0.2, -0.15) is 0 Å². The zero-order valence-electron chi connectivity index (χ0n) is 18.8. The van der Waals surface area contributed by atoms with Gasteiger partial charge in [-0.3, -0.25) is 4.79 Å². The molecule has 0 spiro atoms. The van der Waals surface area contributed by atoms with E-state index in [9.17, 15) is 19.2 Å². The molecule has 0 fully saturated rings. The summed E-state index contributed by atoms with van der Waals surface area (Å²) in [5, 5.41) is 2.47. The van der Waals surface area contributed by atoms with E-state index in [0.29, 0.717) is 24.7 Å². The summed E-state index contributed by atoms with van der Waals surface area (Å²) in [6, 6.07) is 8.46. The molecule has 0 saturated carbocycles. The van der Waals surface area contributed by atoms with Crippen molar-refractivity contribution in [2.75, 3.05) is 39.4 Å². The van der Waals surface area contributed by atoms with Gasteiger partial charge in [0.2, 0.25) is 0 Å². The molecule has 10 nitrogen and oxygen atoms in total. The number of carbonyl (C=O) groups excluding carboxylic acids is 4. The molecule has 0 saturated heterocycles. The lowest BCUT2D eigenvalue weighted by Crippen LogP contribution is -2.21. The Morgan fingerprint density at radius 1 is 0.727 bits per heavy atom. The second-order valence-electron chi connectivity index (χ2n) is 6.43. The Bertz CT molecular complexity index is 998. The normalized spacial score (nSPS) is 10.1. The molecule has 10 heteroatoms. The van der Waals surface area contributed by atoms with Gasteiger partial charge in [0.25, 0.3) is 5.91 Å². The summed E-state index contributed by atoms with van der Waals surface area (Å²) in [7, 11) is 2.37. The second kappa shape index (κ2) is 12.1. The van der Waals surface area contributed by atoms with E-state index in [4.69, 9.17) is 14.2 Å². The summed E-state index contributed by atoms with van der Waals surface area (Å²) < 4.78 is 25.3. The van der Waals surface area contributed by atoms with Crippen molar-refractivity contribution >= 4 is 29.5 Å². The molecule has 2 rings (SSSR count). The molecule has 2 aromatic rings. The van der Waals surface area contributed by atoms with Crippen LogP contribution in [0.3, 0.4) is 0 Å². The van der Waals surface area contributed by atoms with Crippen molar-refractivity contribution in [3.8, 4) is 11.5 Å². The number of esters is 3. The average Bonchev–Trinajstić information content (AvgIpc) is 2.82. The van der Waals surface area contributed by atoms with Crippen LogP contribution in [0.1, 0.15) is 44.9 Å². The van der Waals surface area contributed by atoms with Crippen LogP contribution < -0.4 is 14.8 Å². The maximum absolute atomic E-state index is 12.4. The summed E-state index contributed by atoms with van der Waals surface area (Å²) in [6.07, 6.45) is 0. The molecule has 176 valence electrons. The van der Waals surface area contributed by atoms with Gasteiger partial charge in [-0.05, 0) is 50.2 Å². The predicted octanol–water partition coefficient (Wildman–Crippen LogP) is 2.85. The number of carbonyl (C=O) groups is 4. The molecule has 0 bridgehead atoms. The molecule has 0 radical (unpaired) electrons. The molecule has 0 aliphatic heterocycles. The van der Waals surface area contributed by atoms with E-state index in [2.05, 4.69) is 14.8 Å². The van der Waals surface area contributed by atoms with Crippen molar-refractivity contribution in [2.24, 2.45) is 0 Å². The van der Waals surface area contributed by atoms with E-state index in [1.807, 2.05) is 6.92 Å². The smallest absolute Gasteiger partial charge is 0.338 e. The minimum Gasteiger partial charge on any atom is -0.490 e. The Morgan fingerprint density at radius 2 is 1.30 bits per heavy atom. The zero-order valence-corrected chi connectivity index (χ0v) is 18.8. The molecule has 0 unspecified atom stereocenters. The number of nitrogens with one attached hydrogen (secondary N) is 1. The third-order valence-corrected chi connectivity index (χ3v) is 4.17. The first-order valence-corrected chi connectivity index (χ1v) is 10.0. The van der Waals surface area contributed by atoms with Crippen LogP contribution in [0.2, 0.25) is 0 Å². The topological polar surface area (TPSA) is 126 Å². The molecule has 0 aliphatic carbocycles. The van der Waals surface area contributed by atoms with E-state index in [0.717, 1.165) is 0 Å². The van der Waals surface area contributed by atoms with Crippen LogP contribution in [0.4, 0.5) is 5.69 Å². The fraction of sp³-hybridized carbons (Fsp3) is 0.304. The summed E-state index contributed by atoms with van der Waals surface area (Å²) in [5.41, 5.74) is 0.366. The van der Waals surface area contributed by atoms with Gasteiger partial charge in [-0.25, -0.2) is 14.4 Å². The van der Waals surface area contributed by atoms with Crippen LogP contribution in [0.15, 0.2) is 36.4 Å². The highest BCUT2D eigenvalue weighted by atomic mass is 16.5. The van der Waals surface area contributed by atoms with Gasteiger partial charge in [0.1, 0.15) is 0 Å². The average molecular weight is 459 g/mol. The molecule has 33 heavy (non-hydrogen) atoms. The quantitative estimate of drug-likeness (QED) is 0.421. The molecule has 2 aromatic carbocycles. The fourth-order valence-electron chi connectivity index (χ4n) is 2.76. The summed E-state index contributed by atoms with van der Waals surface area (Å²) in [5.74, 6) is -1.97. The minimum atomic E-state index is -0.743. The van der Waals surface area contributed by atoms with Crippen LogP contribution in [-0.2, 0) is 19.0 Å². The summed E-state index contributed by atoms with van der Waals surface area (Å²) in [4.78, 5) is 48.4. The Balaban J connectivity index is 2.09. The standard InChI is InChI=1S/C23H25NO9/c1-5-31-18-8-7-14(12-19(18)32-6-2)23(28)33-13-20(25)24-17-10-15(21(26)29-3)9-16(11-17)22(27)30-4/h7-12H,5-6,13H2,1-4H3,(H,24,25). The highest BCUT2D eigenvalue weighted by Gasteiger charge is 2.17.